The van der Waals surface area contributed by atoms with Gasteiger partial charge < -0.3 is 9.73 Å². The first-order chi connectivity index (χ1) is 7.88. The molecule has 0 atom stereocenters. The van der Waals surface area contributed by atoms with Gasteiger partial charge in [-0.15, -0.1) is 0 Å². The molecule has 3 nitrogen and oxygen atoms in total. The van der Waals surface area contributed by atoms with Gasteiger partial charge >= 0.3 is 0 Å². The summed E-state index contributed by atoms with van der Waals surface area (Å²) in [5.74, 6) is 0.243. The van der Waals surface area contributed by atoms with Crippen LogP contribution in [0.15, 0.2) is 28.7 Å². The maximum absolute atomic E-state index is 12.0. The number of furan rings is 1. The van der Waals surface area contributed by atoms with Gasteiger partial charge in [-0.25, -0.2) is 0 Å². The molecule has 90 valence electrons. The highest BCUT2D eigenvalue weighted by molar-refractivity contribution is 5.99. The smallest absolute Gasteiger partial charge is 0.287 e. The molecule has 0 radical (unpaired) electrons. The summed E-state index contributed by atoms with van der Waals surface area (Å²) < 4.78 is 5.59. The second kappa shape index (κ2) is 3.91. The molecule has 1 aromatic carbocycles. The molecule has 0 saturated carbocycles. The van der Waals surface area contributed by atoms with Crippen molar-refractivity contribution in [2.75, 3.05) is 0 Å². The standard InChI is InChI=1S/C14H17NO2/c1-9-10-7-5-6-8-11(10)17-12(9)13(16)15-14(2,3)4/h5-8H,1-4H3,(H,15,16). The van der Waals surface area contributed by atoms with Crippen LogP contribution in [0.3, 0.4) is 0 Å². The molecule has 0 unspecified atom stereocenters. The quantitative estimate of drug-likeness (QED) is 0.818. The Morgan fingerprint density at radius 1 is 1.24 bits per heavy atom. The van der Waals surface area contributed by atoms with E-state index in [4.69, 9.17) is 4.42 Å². The van der Waals surface area contributed by atoms with Crippen molar-refractivity contribution in [3.05, 3.63) is 35.6 Å². The Balaban J connectivity index is 2.43. The maximum atomic E-state index is 12.0. The number of fused-ring (bicyclic) bond motifs is 1. The maximum Gasteiger partial charge on any atom is 0.287 e. The Hall–Kier alpha value is -1.77. The molecule has 1 heterocycles. The van der Waals surface area contributed by atoms with E-state index in [9.17, 15) is 4.79 Å². The van der Waals surface area contributed by atoms with Crippen molar-refractivity contribution in [2.45, 2.75) is 33.2 Å². The van der Waals surface area contributed by atoms with Crippen molar-refractivity contribution in [2.24, 2.45) is 0 Å². The Bertz CT molecular complexity index is 561. The van der Waals surface area contributed by atoms with Gasteiger partial charge in [0, 0.05) is 16.5 Å². The molecule has 0 aliphatic heterocycles. The van der Waals surface area contributed by atoms with Crippen molar-refractivity contribution in [1.82, 2.24) is 5.32 Å². The molecular weight excluding hydrogens is 214 g/mol. The largest absolute Gasteiger partial charge is 0.451 e. The number of aryl methyl sites for hydroxylation is 1. The first-order valence-electron chi connectivity index (χ1n) is 5.69. The molecule has 0 aliphatic carbocycles. The molecule has 2 aromatic rings. The van der Waals surface area contributed by atoms with Crippen LogP contribution in [0, 0.1) is 6.92 Å². The Kier molecular flexibility index (Phi) is 2.69. The number of hydrogen-bond donors (Lipinski definition) is 1. The van der Waals surface area contributed by atoms with Crippen molar-refractivity contribution >= 4 is 16.9 Å². The molecule has 1 aromatic heterocycles. The fourth-order valence-corrected chi connectivity index (χ4v) is 1.79. The fraction of sp³-hybridized carbons (Fsp3) is 0.357. The van der Waals surface area contributed by atoms with E-state index in [1.165, 1.54) is 0 Å². The van der Waals surface area contributed by atoms with Gasteiger partial charge in [-0.3, -0.25) is 4.79 Å². The molecule has 0 saturated heterocycles. The monoisotopic (exact) mass is 231 g/mol. The molecule has 0 fully saturated rings. The van der Waals surface area contributed by atoms with Gasteiger partial charge in [-0.2, -0.15) is 0 Å². The van der Waals surface area contributed by atoms with Gasteiger partial charge in [0.25, 0.3) is 5.91 Å². The summed E-state index contributed by atoms with van der Waals surface area (Å²) in [6.07, 6.45) is 0. The highest BCUT2D eigenvalue weighted by Crippen LogP contribution is 2.25. The molecule has 1 N–H and O–H groups in total. The van der Waals surface area contributed by atoms with Crippen molar-refractivity contribution in [3.8, 4) is 0 Å². The van der Waals surface area contributed by atoms with Crippen LogP contribution in [-0.4, -0.2) is 11.4 Å². The van der Waals surface area contributed by atoms with E-state index in [1.54, 1.807) is 0 Å². The summed E-state index contributed by atoms with van der Waals surface area (Å²) in [7, 11) is 0. The summed E-state index contributed by atoms with van der Waals surface area (Å²) in [6, 6.07) is 7.67. The summed E-state index contributed by atoms with van der Waals surface area (Å²) in [4.78, 5) is 12.0. The lowest BCUT2D eigenvalue weighted by molar-refractivity contribution is 0.0892. The van der Waals surface area contributed by atoms with E-state index >= 15 is 0 Å². The fourth-order valence-electron chi connectivity index (χ4n) is 1.79. The van der Waals surface area contributed by atoms with Gasteiger partial charge in [0.05, 0.1) is 0 Å². The number of hydrogen-bond acceptors (Lipinski definition) is 2. The lowest BCUT2D eigenvalue weighted by atomic mass is 10.1. The van der Waals surface area contributed by atoms with Gasteiger partial charge in [0.2, 0.25) is 0 Å². The van der Waals surface area contributed by atoms with E-state index in [2.05, 4.69) is 5.32 Å². The highest BCUT2D eigenvalue weighted by atomic mass is 16.3. The SMILES string of the molecule is Cc1c(C(=O)NC(C)(C)C)oc2ccccc12. The summed E-state index contributed by atoms with van der Waals surface area (Å²) >= 11 is 0. The van der Waals surface area contributed by atoms with E-state index < -0.39 is 0 Å². The van der Waals surface area contributed by atoms with Crippen LogP contribution in [0.4, 0.5) is 0 Å². The van der Waals surface area contributed by atoms with Crippen LogP contribution in [0.2, 0.25) is 0 Å². The second-order valence-electron chi connectivity index (χ2n) is 5.26. The number of carbonyl (C=O) groups is 1. The van der Waals surface area contributed by atoms with Crippen molar-refractivity contribution in [1.29, 1.82) is 0 Å². The van der Waals surface area contributed by atoms with Crippen LogP contribution in [0.1, 0.15) is 36.9 Å². The van der Waals surface area contributed by atoms with Crippen LogP contribution in [-0.2, 0) is 0 Å². The number of para-hydroxylation sites is 1. The average molecular weight is 231 g/mol. The minimum Gasteiger partial charge on any atom is -0.451 e. The number of carbonyl (C=O) groups excluding carboxylic acids is 1. The lowest BCUT2D eigenvalue weighted by Crippen LogP contribution is -2.40. The molecule has 17 heavy (non-hydrogen) atoms. The second-order valence-corrected chi connectivity index (χ2v) is 5.26. The highest BCUT2D eigenvalue weighted by Gasteiger charge is 2.21. The molecule has 0 spiro atoms. The molecule has 0 aliphatic rings. The first kappa shape index (κ1) is 11.7. The summed E-state index contributed by atoms with van der Waals surface area (Å²) in [5, 5.41) is 3.90. The zero-order valence-corrected chi connectivity index (χ0v) is 10.6. The van der Waals surface area contributed by atoms with E-state index in [-0.39, 0.29) is 11.4 Å². The lowest BCUT2D eigenvalue weighted by Gasteiger charge is -2.19. The number of benzene rings is 1. The minimum atomic E-state index is -0.261. The Morgan fingerprint density at radius 2 is 1.88 bits per heavy atom. The minimum absolute atomic E-state index is 0.161. The third-order valence-corrected chi connectivity index (χ3v) is 2.54. The zero-order chi connectivity index (χ0) is 12.6. The number of rotatable bonds is 1. The topological polar surface area (TPSA) is 42.2 Å². The van der Waals surface area contributed by atoms with Crippen molar-refractivity contribution in [3.63, 3.8) is 0 Å². The first-order valence-corrected chi connectivity index (χ1v) is 5.69. The third kappa shape index (κ3) is 2.33. The summed E-state index contributed by atoms with van der Waals surface area (Å²) in [5.41, 5.74) is 1.38. The molecule has 0 bridgehead atoms. The van der Waals surface area contributed by atoms with Crippen LogP contribution < -0.4 is 5.32 Å². The zero-order valence-electron chi connectivity index (χ0n) is 10.6. The Morgan fingerprint density at radius 3 is 2.47 bits per heavy atom. The predicted octanol–water partition coefficient (Wildman–Crippen LogP) is 3.27. The number of amides is 1. The van der Waals surface area contributed by atoms with Crippen LogP contribution in [0.5, 0.6) is 0 Å². The van der Waals surface area contributed by atoms with E-state index in [1.807, 2.05) is 52.0 Å². The molecular formula is C14H17NO2. The normalized spacial score (nSPS) is 11.8. The van der Waals surface area contributed by atoms with Gasteiger partial charge in [0.15, 0.2) is 5.76 Å². The van der Waals surface area contributed by atoms with Gasteiger partial charge in [-0.1, -0.05) is 18.2 Å². The predicted molar refractivity (Wildman–Crippen MR) is 68.2 cm³/mol. The van der Waals surface area contributed by atoms with Crippen LogP contribution >= 0.6 is 0 Å². The van der Waals surface area contributed by atoms with Gasteiger partial charge in [0.1, 0.15) is 5.58 Å². The molecule has 2 rings (SSSR count). The van der Waals surface area contributed by atoms with Crippen LogP contribution in [0.25, 0.3) is 11.0 Å². The average Bonchev–Trinajstić information content (AvgIpc) is 2.55. The van der Waals surface area contributed by atoms with E-state index in [0.717, 1.165) is 16.5 Å². The summed E-state index contributed by atoms with van der Waals surface area (Å²) in [6.45, 7) is 7.75. The van der Waals surface area contributed by atoms with Crippen molar-refractivity contribution < 1.29 is 9.21 Å². The Labute approximate surface area is 101 Å². The molecule has 1 amide bonds. The molecule has 3 heteroatoms. The third-order valence-electron chi connectivity index (χ3n) is 2.54. The number of nitrogens with one attached hydrogen (secondary N) is 1. The van der Waals surface area contributed by atoms with Gasteiger partial charge in [-0.05, 0) is 33.8 Å². The van der Waals surface area contributed by atoms with E-state index in [0.29, 0.717) is 5.76 Å².